The molecule has 0 aliphatic rings. The number of imidazole rings is 1. The van der Waals surface area contributed by atoms with Gasteiger partial charge in [-0.25, -0.2) is 4.98 Å². The standard InChI is InChI=1S/C13H16N2OS/c1-3-5-15-6-4-14-13(15)7-12(16)11-9-17-8-10(11)2/h4,6,8-9H,3,5,7H2,1-2H3. The maximum Gasteiger partial charge on any atom is 0.171 e. The highest BCUT2D eigenvalue weighted by Gasteiger charge is 2.13. The highest BCUT2D eigenvalue weighted by Crippen LogP contribution is 2.16. The molecule has 17 heavy (non-hydrogen) atoms. The van der Waals surface area contributed by atoms with Crippen molar-refractivity contribution in [3.05, 3.63) is 40.1 Å². The summed E-state index contributed by atoms with van der Waals surface area (Å²) in [6, 6.07) is 0. The molecular formula is C13H16N2OS. The van der Waals surface area contributed by atoms with Crippen molar-refractivity contribution in [1.29, 1.82) is 0 Å². The Balaban J connectivity index is 2.13. The van der Waals surface area contributed by atoms with Gasteiger partial charge in [-0.05, 0) is 24.3 Å². The second-order valence-corrected chi connectivity index (χ2v) is 4.85. The van der Waals surface area contributed by atoms with E-state index in [0.717, 1.165) is 29.9 Å². The van der Waals surface area contributed by atoms with Crippen LogP contribution in [-0.2, 0) is 13.0 Å². The third kappa shape index (κ3) is 2.64. The van der Waals surface area contributed by atoms with Crippen molar-refractivity contribution in [2.24, 2.45) is 0 Å². The minimum Gasteiger partial charge on any atom is -0.335 e. The van der Waals surface area contributed by atoms with Crippen molar-refractivity contribution in [2.45, 2.75) is 33.2 Å². The first-order valence-electron chi connectivity index (χ1n) is 5.78. The molecule has 90 valence electrons. The van der Waals surface area contributed by atoms with E-state index in [9.17, 15) is 4.79 Å². The van der Waals surface area contributed by atoms with Gasteiger partial charge in [-0.2, -0.15) is 11.3 Å². The Labute approximate surface area is 105 Å². The number of aromatic nitrogens is 2. The monoisotopic (exact) mass is 248 g/mol. The first-order chi connectivity index (χ1) is 8.22. The number of carbonyl (C=O) groups is 1. The second-order valence-electron chi connectivity index (χ2n) is 4.11. The number of Topliss-reactive ketones (excluding diaryl/α,β-unsaturated/α-hetero) is 1. The predicted molar refractivity (Wildman–Crippen MR) is 69.6 cm³/mol. The lowest BCUT2D eigenvalue weighted by molar-refractivity contribution is 0.0989. The van der Waals surface area contributed by atoms with E-state index in [0.29, 0.717) is 6.42 Å². The molecule has 0 aromatic carbocycles. The molecule has 0 amide bonds. The van der Waals surface area contributed by atoms with E-state index in [2.05, 4.69) is 16.5 Å². The molecular weight excluding hydrogens is 232 g/mol. The number of carbonyl (C=O) groups excluding carboxylic acids is 1. The molecule has 0 aliphatic carbocycles. The van der Waals surface area contributed by atoms with Gasteiger partial charge >= 0.3 is 0 Å². The van der Waals surface area contributed by atoms with E-state index in [1.54, 1.807) is 17.5 Å². The number of hydrogen-bond donors (Lipinski definition) is 0. The molecule has 0 radical (unpaired) electrons. The van der Waals surface area contributed by atoms with Crippen LogP contribution in [0, 0.1) is 6.92 Å². The Morgan fingerprint density at radius 3 is 2.94 bits per heavy atom. The Kier molecular flexibility index (Phi) is 3.74. The lowest BCUT2D eigenvalue weighted by Crippen LogP contribution is -2.10. The normalized spacial score (nSPS) is 10.7. The number of ketones is 1. The molecule has 0 bridgehead atoms. The lowest BCUT2D eigenvalue weighted by atomic mass is 10.1. The largest absolute Gasteiger partial charge is 0.335 e. The second kappa shape index (κ2) is 5.27. The van der Waals surface area contributed by atoms with Gasteiger partial charge in [0.25, 0.3) is 0 Å². The zero-order chi connectivity index (χ0) is 12.3. The summed E-state index contributed by atoms with van der Waals surface area (Å²) in [4.78, 5) is 16.4. The summed E-state index contributed by atoms with van der Waals surface area (Å²) in [5, 5.41) is 3.93. The molecule has 2 heterocycles. The minimum absolute atomic E-state index is 0.160. The van der Waals surface area contributed by atoms with E-state index >= 15 is 0 Å². The molecule has 0 saturated carbocycles. The van der Waals surface area contributed by atoms with Gasteiger partial charge < -0.3 is 4.57 Å². The van der Waals surface area contributed by atoms with Gasteiger partial charge in [-0.1, -0.05) is 6.92 Å². The summed E-state index contributed by atoms with van der Waals surface area (Å²) < 4.78 is 2.06. The van der Waals surface area contributed by atoms with Crippen molar-refractivity contribution < 1.29 is 4.79 Å². The Morgan fingerprint density at radius 2 is 2.29 bits per heavy atom. The van der Waals surface area contributed by atoms with Crippen molar-refractivity contribution in [2.75, 3.05) is 0 Å². The third-order valence-electron chi connectivity index (χ3n) is 2.74. The van der Waals surface area contributed by atoms with Crippen molar-refractivity contribution >= 4 is 17.1 Å². The SMILES string of the molecule is CCCn1ccnc1CC(=O)c1cscc1C. The van der Waals surface area contributed by atoms with E-state index in [1.807, 2.05) is 23.9 Å². The minimum atomic E-state index is 0.160. The van der Waals surface area contributed by atoms with Crippen LogP contribution < -0.4 is 0 Å². The highest BCUT2D eigenvalue weighted by atomic mass is 32.1. The van der Waals surface area contributed by atoms with Gasteiger partial charge in [-0.15, -0.1) is 0 Å². The Morgan fingerprint density at radius 1 is 1.47 bits per heavy atom. The van der Waals surface area contributed by atoms with E-state index in [1.165, 1.54) is 0 Å². The summed E-state index contributed by atoms with van der Waals surface area (Å²) in [5.41, 5.74) is 1.90. The van der Waals surface area contributed by atoms with Crippen LogP contribution in [0.4, 0.5) is 0 Å². The van der Waals surface area contributed by atoms with Crippen LogP contribution >= 0.6 is 11.3 Å². The van der Waals surface area contributed by atoms with Crippen LogP contribution in [0.25, 0.3) is 0 Å². The van der Waals surface area contributed by atoms with Gasteiger partial charge in [0.2, 0.25) is 0 Å². The maximum atomic E-state index is 12.1. The highest BCUT2D eigenvalue weighted by molar-refractivity contribution is 7.08. The molecule has 0 unspecified atom stereocenters. The molecule has 0 spiro atoms. The summed E-state index contributed by atoms with van der Waals surface area (Å²) >= 11 is 1.57. The fourth-order valence-electron chi connectivity index (χ4n) is 1.84. The van der Waals surface area contributed by atoms with Crippen molar-refractivity contribution in [3.63, 3.8) is 0 Å². The maximum absolute atomic E-state index is 12.1. The first kappa shape index (κ1) is 12.0. The van der Waals surface area contributed by atoms with Gasteiger partial charge in [-0.3, -0.25) is 4.79 Å². The van der Waals surface area contributed by atoms with Crippen molar-refractivity contribution in [1.82, 2.24) is 9.55 Å². The Hall–Kier alpha value is -1.42. The van der Waals surface area contributed by atoms with Gasteiger partial charge in [0.1, 0.15) is 5.82 Å². The zero-order valence-corrected chi connectivity index (χ0v) is 11.0. The molecule has 0 atom stereocenters. The first-order valence-corrected chi connectivity index (χ1v) is 6.72. The number of hydrogen-bond acceptors (Lipinski definition) is 3. The van der Waals surface area contributed by atoms with Crippen LogP contribution in [-0.4, -0.2) is 15.3 Å². The van der Waals surface area contributed by atoms with E-state index < -0.39 is 0 Å². The van der Waals surface area contributed by atoms with Crippen LogP contribution in [0.3, 0.4) is 0 Å². The fraction of sp³-hybridized carbons (Fsp3) is 0.385. The quantitative estimate of drug-likeness (QED) is 0.762. The van der Waals surface area contributed by atoms with E-state index in [4.69, 9.17) is 0 Å². The summed E-state index contributed by atoms with van der Waals surface area (Å²) in [6.07, 6.45) is 5.14. The topological polar surface area (TPSA) is 34.9 Å². The average molecular weight is 248 g/mol. The number of aryl methyl sites for hydroxylation is 2. The molecule has 0 N–H and O–H groups in total. The predicted octanol–water partition coefficient (Wildman–Crippen LogP) is 3.09. The van der Waals surface area contributed by atoms with Crippen LogP contribution in [0.15, 0.2) is 23.2 Å². The molecule has 0 aliphatic heterocycles. The van der Waals surface area contributed by atoms with Crippen LogP contribution in [0.2, 0.25) is 0 Å². The summed E-state index contributed by atoms with van der Waals surface area (Å²) in [5.74, 6) is 1.02. The summed E-state index contributed by atoms with van der Waals surface area (Å²) in [7, 11) is 0. The van der Waals surface area contributed by atoms with E-state index in [-0.39, 0.29) is 5.78 Å². The van der Waals surface area contributed by atoms with Crippen LogP contribution in [0.5, 0.6) is 0 Å². The number of thiophene rings is 1. The molecule has 3 nitrogen and oxygen atoms in total. The van der Waals surface area contributed by atoms with Gasteiger partial charge in [0.15, 0.2) is 5.78 Å². The lowest BCUT2D eigenvalue weighted by Gasteiger charge is -2.05. The Bertz CT molecular complexity index is 513. The van der Waals surface area contributed by atoms with Gasteiger partial charge in [0, 0.05) is 29.9 Å². The molecule has 2 aromatic heterocycles. The summed E-state index contributed by atoms with van der Waals surface area (Å²) in [6.45, 7) is 5.02. The molecule has 0 fully saturated rings. The molecule has 4 heteroatoms. The number of nitrogens with zero attached hydrogens (tertiary/aromatic N) is 2. The fourth-order valence-corrected chi connectivity index (χ4v) is 2.69. The third-order valence-corrected chi connectivity index (χ3v) is 3.60. The average Bonchev–Trinajstić information content (AvgIpc) is 2.89. The van der Waals surface area contributed by atoms with Crippen molar-refractivity contribution in [3.8, 4) is 0 Å². The molecule has 0 saturated heterocycles. The van der Waals surface area contributed by atoms with Crippen LogP contribution in [0.1, 0.15) is 35.1 Å². The zero-order valence-electron chi connectivity index (χ0n) is 10.1. The molecule has 2 rings (SSSR count). The molecule has 2 aromatic rings. The van der Waals surface area contributed by atoms with Gasteiger partial charge in [0.05, 0.1) is 6.42 Å². The smallest absolute Gasteiger partial charge is 0.171 e. The number of rotatable bonds is 5.